The van der Waals surface area contributed by atoms with Crippen molar-refractivity contribution in [1.82, 2.24) is 0 Å². The summed E-state index contributed by atoms with van der Waals surface area (Å²) in [7, 11) is 0. The Morgan fingerprint density at radius 2 is 2.06 bits per heavy atom. The largest absolute Gasteiger partial charge is 0.395 e. The molecule has 1 N–H and O–H groups in total. The highest BCUT2D eigenvalue weighted by Gasteiger charge is 2.18. The molecule has 0 aliphatic heterocycles. The van der Waals surface area contributed by atoms with Crippen LogP contribution in [0.5, 0.6) is 0 Å². The van der Waals surface area contributed by atoms with Gasteiger partial charge < -0.3 is 10.0 Å². The second-order valence-electron chi connectivity index (χ2n) is 4.21. The molecule has 18 heavy (non-hydrogen) atoms. The SMILES string of the molecule is CCC(CC)N(CCO)c1ccc(Cl)cc1C=O. The van der Waals surface area contributed by atoms with Crippen LogP contribution in [-0.2, 0) is 0 Å². The van der Waals surface area contributed by atoms with E-state index in [0.29, 0.717) is 23.2 Å². The predicted octanol–water partition coefficient (Wildman–Crippen LogP) is 3.14. The monoisotopic (exact) mass is 269 g/mol. The second-order valence-corrected chi connectivity index (χ2v) is 4.64. The molecule has 0 aliphatic carbocycles. The number of aliphatic hydroxyl groups is 1. The molecule has 1 aromatic carbocycles. The Kier molecular flexibility index (Phi) is 6.16. The molecule has 0 bridgehead atoms. The topological polar surface area (TPSA) is 40.5 Å². The molecule has 0 aromatic heterocycles. The fourth-order valence-electron chi connectivity index (χ4n) is 2.22. The molecule has 0 spiro atoms. The molecule has 0 saturated carbocycles. The van der Waals surface area contributed by atoms with Crippen molar-refractivity contribution in [3.63, 3.8) is 0 Å². The van der Waals surface area contributed by atoms with Crippen molar-refractivity contribution in [3.05, 3.63) is 28.8 Å². The Labute approximate surface area is 113 Å². The fraction of sp³-hybridized carbons (Fsp3) is 0.500. The maximum Gasteiger partial charge on any atom is 0.152 e. The molecule has 3 nitrogen and oxygen atoms in total. The summed E-state index contributed by atoms with van der Waals surface area (Å²) < 4.78 is 0. The summed E-state index contributed by atoms with van der Waals surface area (Å²) in [5.74, 6) is 0. The lowest BCUT2D eigenvalue weighted by Gasteiger charge is -2.33. The minimum absolute atomic E-state index is 0.0669. The van der Waals surface area contributed by atoms with Crippen LogP contribution in [0, 0.1) is 0 Å². The van der Waals surface area contributed by atoms with E-state index in [1.807, 2.05) is 6.07 Å². The number of hydrogen-bond acceptors (Lipinski definition) is 3. The van der Waals surface area contributed by atoms with E-state index in [4.69, 9.17) is 11.6 Å². The van der Waals surface area contributed by atoms with E-state index in [-0.39, 0.29) is 6.61 Å². The van der Waals surface area contributed by atoms with E-state index in [0.717, 1.165) is 24.8 Å². The van der Waals surface area contributed by atoms with Gasteiger partial charge >= 0.3 is 0 Å². The van der Waals surface area contributed by atoms with Gasteiger partial charge in [-0.3, -0.25) is 4.79 Å². The van der Waals surface area contributed by atoms with Crippen molar-refractivity contribution in [2.75, 3.05) is 18.1 Å². The maximum absolute atomic E-state index is 11.1. The maximum atomic E-state index is 11.1. The average Bonchev–Trinajstić information content (AvgIpc) is 2.39. The van der Waals surface area contributed by atoms with Crippen LogP contribution in [0.1, 0.15) is 37.0 Å². The number of aliphatic hydroxyl groups excluding tert-OH is 1. The highest BCUT2D eigenvalue weighted by atomic mass is 35.5. The number of carbonyl (C=O) groups excluding carboxylic acids is 1. The Morgan fingerprint density at radius 1 is 1.39 bits per heavy atom. The van der Waals surface area contributed by atoms with E-state index in [2.05, 4.69) is 18.7 Å². The standard InChI is InChI=1S/C14H20ClNO2/c1-3-13(4-2)16(7-8-17)14-6-5-12(15)9-11(14)10-18/h5-6,9-10,13,17H,3-4,7-8H2,1-2H3. The third-order valence-corrected chi connectivity index (χ3v) is 3.39. The van der Waals surface area contributed by atoms with E-state index in [1.165, 1.54) is 0 Å². The summed E-state index contributed by atoms with van der Waals surface area (Å²) in [6.45, 7) is 4.80. The Morgan fingerprint density at radius 3 is 2.56 bits per heavy atom. The highest BCUT2D eigenvalue weighted by Crippen LogP contribution is 2.26. The second kappa shape index (κ2) is 7.39. The molecule has 0 amide bonds. The summed E-state index contributed by atoms with van der Waals surface area (Å²) in [6, 6.07) is 5.60. The van der Waals surface area contributed by atoms with Gasteiger partial charge in [0.05, 0.1) is 6.61 Å². The van der Waals surface area contributed by atoms with Crippen LogP contribution in [-0.4, -0.2) is 30.6 Å². The first-order chi connectivity index (χ1) is 8.67. The summed E-state index contributed by atoms with van der Waals surface area (Å²) in [5.41, 5.74) is 1.42. The molecular weight excluding hydrogens is 250 g/mol. The van der Waals surface area contributed by atoms with Crippen molar-refractivity contribution >= 4 is 23.6 Å². The number of halogens is 1. The van der Waals surface area contributed by atoms with Crippen LogP contribution in [0.2, 0.25) is 5.02 Å². The van der Waals surface area contributed by atoms with Gasteiger partial charge in [0.2, 0.25) is 0 Å². The van der Waals surface area contributed by atoms with E-state index >= 15 is 0 Å². The highest BCUT2D eigenvalue weighted by molar-refractivity contribution is 6.31. The number of aldehydes is 1. The molecule has 1 aromatic rings. The number of benzene rings is 1. The molecule has 0 atom stereocenters. The number of nitrogens with zero attached hydrogens (tertiary/aromatic N) is 1. The Hall–Kier alpha value is -1.06. The molecule has 4 heteroatoms. The summed E-state index contributed by atoms with van der Waals surface area (Å²) in [4.78, 5) is 13.2. The number of anilines is 1. The molecule has 0 aliphatic rings. The van der Waals surface area contributed by atoms with Gasteiger partial charge in [0, 0.05) is 28.9 Å². The lowest BCUT2D eigenvalue weighted by atomic mass is 10.1. The first kappa shape index (κ1) is 15.0. The Bertz CT molecular complexity index is 391. The molecule has 0 heterocycles. The normalized spacial score (nSPS) is 10.7. The van der Waals surface area contributed by atoms with Crippen LogP contribution in [0.3, 0.4) is 0 Å². The van der Waals surface area contributed by atoms with Crippen LogP contribution in [0.15, 0.2) is 18.2 Å². The molecular formula is C14H20ClNO2. The van der Waals surface area contributed by atoms with Crippen molar-refractivity contribution in [3.8, 4) is 0 Å². The molecule has 0 unspecified atom stereocenters. The average molecular weight is 270 g/mol. The molecule has 0 radical (unpaired) electrons. The van der Waals surface area contributed by atoms with E-state index < -0.39 is 0 Å². The zero-order valence-corrected chi connectivity index (χ0v) is 11.7. The molecule has 1 rings (SSSR count). The van der Waals surface area contributed by atoms with Crippen molar-refractivity contribution in [2.45, 2.75) is 32.7 Å². The smallest absolute Gasteiger partial charge is 0.152 e. The predicted molar refractivity (Wildman–Crippen MR) is 75.6 cm³/mol. The third-order valence-electron chi connectivity index (χ3n) is 3.15. The summed E-state index contributed by atoms with van der Waals surface area (Å²) >= 11 is 5.90. The van der Waals surface area contributed by atoms with Gasteiger partial charge in [-0.25, -0.2) is 0 Å². The van der Waals surface area contributed by atoms with Gasteiger partial charge in [-0.15, -0.1) is 0 Å². The zero-order valence-electron chi connectivity index (χ0n) is 10.9. The van der Waals surface area contributed by atoms with E-state index in [9.17, 15) is 9.90 Å². The van der Waals surface area contributed by atoms with Crippen LogP contribution < -0.4 is 4.90 Å². The third kappa shape index (κ3) is 3.47. The summed E-state index contributed by atoms with van der Waals surface area (Å²) in [5, 5.41) is 9.75. The molecule has 0 saturated heterocycles. The fourth-order valence-corrected chi connectivity index (χ4v) is 2.40. The van der Waals surface area contributed by atoms with Gasteiger partial charge in [-0.05, 0) is 31.0 Å². The lowest BCUT2D eigenvalue weighted by molar-refractivity contribution is 0.112. The van der Waals surface area contributed by atoms with Crippen molar-refractivity contribution in [2.24, 2.45) is 0 Å². The number of hydrogen-bond donors (Lipinski definition) is 1. The minimum Gasteiger partial charge on any atom is -0.395 e. The Balaban J connectivity index is 3.15. The van der Waals surface area contributed by atoms with Crippen LogP contribution in [0.25, 0.3) is 0 Å². The van der Waals surface area contributed by atoms with Gasteiger partial charge in [-0.1, -0.05) is 25.4 Å². The molecule has 0 fully saturated rings. The number of carbonyl (C=O) groups is 1. The van der Waals surface area contributed by atoms with Crippen molar-refractivity contribution < 1.29 is 9.90 Å². The zero-order chi connectivity index (χ0) is 13.5. The van der Waals surface area contributed by atoms with Gasteiger partial charge in [0.15, 0.2) is 6.29 Å². The van der Waals surface area contributed by atoms with Gasteiger partial charge in [0.1, 0.15) is 0 Å². The van der Waals surface area contributed by atoms with Crippen molar-refractivity contribution in [1.29, 1.82) is 0 Å². The molecule has 100 valence electrons. The lowest BCUT2D eigenvalue weighted by Crippen LogP contribution is -2.37. The quantitative estimate of drug-likeness (QED) is 0.773. The van der Waals surface area contributed by atoms with E-state index in [1.54, 1.807) is 12.1 Å². The van der Waals surface area contributed by atoms with Crippen LogP contribution in [0.4, 0.5) is 5.69 Å². The van der Waals surface area contributed by atoms with Gasteiger partial charge in [0.25, 0.3) is 0 Å². The summed E-state index contributed by atoms with van der Waals surface area (Å²) in [6.07, 6.45) is 2.75. The minimum atomic E-state index is 0.0669. The first-order valence-corrected chi connectivity index (χ1v) is 6.67. The first-order valence-electron chi connectivity index (χ1n) is 6.30. The number of rotatable bonds is 7. The van der Waals surface area contributed by atoms with Gasteiger partial charge in [-0.2, -0.15) is 0 Å². The van der Waals surface area contributed by atoms with Crippen LogP contribution >= 0.6 is 11.6 Å².